The summed E-state index contributed by atoms with van der Waals surface area (Å²) in [6.07, 6.45) is -1.03. The Bertz CT molecular complexity index is 1130. The zero-order valence-corrected chi connectivity index (χ0v) is 16.2. The zero-order chi connectivity index (χ0) is 21.0. The van der Waals surface area contributed by atoms with E-state index in [2.05, 4.69) is 20.3 Å². The number of aromatic nitrogens is 3. The summed E-state index contributed by atoms with van der Waals surface area (Å²) < 4.78 is 44.2. The average molecular weight is 428 g/mol. The van der Waals surface area contributed by atoms with Gasteiger partial charge in [0.25, 0.3) is 0 Å². The topological polar surface area (TPSA) is 59.9 Å². The lowest BCUT2D eigenvalue weighted by atomic mass is 10.1. The Morgan fingerprint density at radius 3 is 2.63 bits per heavy atom. The van der Waals surface area contributed by atoms with E-state index in [9.17, 15) is 13.2 Å². The molecule has 4 aromatic rings. The lowest BCUT2D eigenvalue weighted by molar-refractivity contribution is -0.137. The molecule has 2 aromatic heterocycles. The first-order valence-corrected chi connectivity index (χ1v) is 9.74. The molecule has 0 aliphatic heterocycles. The summed E-state index contributed by atoms with van der Waals surface area (Å²) in [6, 6.07) is 13.9. The third kappa shape index (κ3) is 4.93. The van der Waals surface area contributed by atoms with E-state index in [1.54, 1.807) is 42.7 Å². The molecule has 0 bridgehead atoms. The number of anilines is 2. The van der Waals surface area contributed by atoms with E-state index in [0.29, 0.717) is 28.6 Å². The van der Waals surface area contributed by atoms with Gasteiger partial charge in [0.15, 0.2) is 0 Å². The van der Waals surface area contributed by atoms with Crippen molar-refractivity contribution in [1.29, 1.82) is 0 Å². The van der Waals surface area contributed by atoms with Gasteiger partial charge in [-0.2, -0.15) is 13.2 Å². The van der Waals surface area contributed by atoms with Gasteiger partial charge in [0.2, 0.25) is 5.95 Å². The first-order chi connectivity index (χ1) is 14.5. The quantitative estimate of drug-likeness (QED) is 0.412. The number of alkyl halides is 3. The molecule has 0 aliphatic carbocycles. The van der Waals surface area contributed by atoms with Crippen molar-refractivity contribution in [3.63, 3.8) is 0 Å². The van der Waals surface area contributed by atoms with Crippen LogP contribution in [0.15, 0.2) is 72.4 Å². The van der Waals surface area contributed by atoms with Crippen LogP contribution in [0.1, 0.15) is 11.1 Å². The summed E-state index contributed by atoms with van der Waals surface area (Å²) >= 11 is 1.48. The predicted octanol–water partition coefficient (Wildman–Crippen LogP) is 5.94. The molecule has 2 aromatic carbocycles. The van der Waals surface area contributed by atoms with Crippen molar-refractivity contribution in [2.75, 3.05) is 5.32 Å². The van der Waals surface area contributed by atoms with Crippen molar-refractivity contribution in [1.82, 2.24) is 15.0 Å². The number of halogens is 3. The Balaban J connectivity index is 1.44. The van der Waals surface area contributed by atoms with Gasteiger partial charge in [-0.25, -0.2) is 15.0 Å². The normalized spacial score (nSPS) is 11.3. The van der Waals surface area contributed by atoms with Crippen molar-refractivity contribution >= 4 is 23.0 Å². The molecule has 9 heteroatoms. The van der Waals surface area contributed by atoms with E-state index in [1.807, 2.05) is 11.4 Å². The molecular weight excluding hydrogens is 413 g/mol. The number of nitrogens with zero attached hydrogens (tertiary/aromatic N) is 3. The molecule has 30 heavy (non-hydrogen) atoms. The second kappa shape index (κ2) is 8.50. The monoisotopic (exact) mass is 428 g/mol. The number of ether oxygens (including phenoxy) is 1. The van der Waals surface area contributed by atoms with Gasteiger partial charge in [-0.1, -0.05) is 18.2 Å². The van der Waals surface area contributed by atoms with Gasteiger partial charge in [-0.15, -0.1) is 11.3 Å². The molecule has 0 aliphatic rings. The second-order valence-electron chi connectivity index (χ2n) is 6.24. The highest BCUT2D eigenvalue weighted by molar-refractivity contribution is 7.13. The molecule has 4 rings (SSSR count). The van der Waals surface area contributed by atoms with E-state index in [1.165, 1.54) is 17.4 Å². The summed E-state index contributed by atoms with van der Waals surface area (Å²) in [7, 11) is 0. The highest BCUT2D eigenvalue weighted by Crippen LogP contribution is 2.30. The Hall–Kier alpha value is -3.46. The smallest absolute Gasteiger partial charge is 0.416 e. The third-order valence-corrected chi connectivity index (χ3v) is 4.85. The zero-order valence-electron chi connectivity index (χ0n) is 15.4. The van der Waals surface area contributed by atoms with E-state index in [4.69, 9.17) is 4.74 Å². The van der Waals surface area contributed by atoms with Gasteiger partial charge < -0.3 is 10.1 Å². The molecule has 0 unspecified atom stereocenters. The van der Waals surface area contributed by atoms with Crippen molar-refractivity contribution in [2.45, 2.75) is 12.8 Å². The number of nitrogens with one attached hydrogen (secondary N) is 1. The van der Waals surface area contributed by atoms with Crippen LogP contribution in [0, 0.1) is 0 Å². The van der Waals surface area contributed by atoms with Crippen molar-refractivity contribution in [3.8, 4) is 16.5 Å². The largest absolute Gasteiger partial charge is 0.489 e. The van der Waals surface area contributed by atoms with Gasteiger partial charge in [-0.05, 0) is 35.9 Å². The number of thiazole rings is 1. The molecule has 0 atom stereocenters. The average Bonchev–Trinajstić information content (AvgIpc) is 3.27. The minimum atomic E-state index is -4.38. The second-order valence-corrected chi connectivity index (χ2v) is 7.14. The lowest BCUT2D eigenvalue weighted by Gasteiger charge is -2.11. The van der Waals surface area contributed by atoms with Crippen LogP contribution in [0.2, 0.25) is 0 Å². The maximum Gasteiger partial charge on any atom is 0.416 e. The fourth-order valence-corrected chi connectivity index (χ4v) is 3.29. The standard InChI is InChI=1S/C21H15F3N4OS/c22-21(23,24)15-4-1-3-14(11-15)13-29-17-6-2-5-16(12-17)27-20-26-8-7-18(28-20)19-25-9-10-30-19/h1-12H,13H2,(H,26,27,28). The van der Waals surface area contributed by atoms with E-state index >= 15 is 0 Å². The summed E-state index contributed by atoms with van der Waals surface area (Å²) in [5, 5.41) is 5.76. The maximum atomic E-state index is 12.8. The molecule has 2 heterocycles. The molecule has 0 saturated carbocycles. The number of rotatable bonds is 6. The first-order valence-electron chi connectivity index (χ1n) is 8.86. The molecular formula is C21H15F3N4OS. The van der Waals surface area contributed by atoms with Gasteiger partial charge >= 0.3 is 6.18 Å². The fraction of sp³-hybridized carbons (Fsp3) is 0.0952. The van der Waals surface area contributed by atoms with Crippen LogP contribution >= 0.6 is 11.3 Å². The highest BCUT2D eigenvalue weighted by atomic mass is 32.1. The predicted molar refractivity (Wildman–Crippen MR) is 109 cm³/mol. The molecule has 5 nitrogen and oxygen atoms in total. The summed E-state index contributed by atoms with van der Waals surface area (Å²) in [5.74, 6) is 0.909. The number of benzene rings is 2. The molecule has 0 radical (unpaired) electrons. The molecule has 152 valence electrons. The van der Waals surface area contributed by atoms with Crippen LogP contribution in [0.4, 0.5) is 24.8 Å². The van der Waals surface area contributed by atoms with Crippen LogP contribution in [-0.4, -0.2) is 15.0 Å². The van der Waals surface area contributed by atoms with Gasteiger partial charge in [0.05, 0.1) is 5.56 Å². The molecule has 0 fully saturated rings. The number of hydrogen-bond donors (Lipinski definition) is 1. The highest BCUT2D eigenvalue weighted by Gasteiger charge is 2.30. The fourth-order valence-electron chi connectivity index (χ4n) is 2.68. The van der Waals surface area contributed by atoms with Crippen molar-refractivity contribution in [2.24, 2.45) is 0 Å². The number of hydrogen-bond acceptors (Lipinski definition) is 6. The Kier molecular flexibility index (Phi) is 5.62. The van der Waals surface area contributed by atoms with E-state index in [0.717, 1.165) is 17.1 Å². The van der Waals surface area contributed by atoms with Gasteiger partial charge in [0.1, 0.15) is 23.1 Å². The SMILES string of the molecule is FC(F)(F)c1cccc(COc2cccc(Nc3nccc(-c4nccs4)n3)c2)c1. The lowest BCUT2D eigenvalue weighted by Crippen LogP contribution is -2.06. The minimum Gasteiger partial charge on any atom is -0.489 e. The van der Waals surface area contributed by atoms with Crippen molar-refractivity contribution < 1.29 is 17.9 Å². The van der Waals surface area contributed by atoms with E-state index in [-0.39, 0.29) is 6.61 Å². The Labute approximate surface area is 174 Å². The van der Waals surface area contributed by atoms with Gasteiger partial charge in [-0.3, -0.25) is 0 Å². The van der Waals surface area contributed by atoms with Crippen LogP contribution in [0.5, 0.6) is 5.75 Å². The molecule has 1 N–H and O–H groups in total. The Morgan fingerprint density at radius 1 is 0.967 bits per heavy atom. The van der Waals surface area contributed by atoms with Crippen LogP contribution in [-0.2, 0) is 12.8 Å². The van der Waals surface area contributed by atoms with Gasteiger partial charge in [0, 0.05) is 29.5 Å². The van der Waals surface area contributed by atoms with Crippen LogP contribution in [0.3, 0.4) is 0 Å². The van der Waals surface area contributed by atoms with E-state index < -0.39 is 11.7 Å². The summed E-state index contributed by atoms with van der Waals surface area (Å²) in [6.45, 7) is 0.0173. The summed E-state index contributed by atoms with van der Waals surface area (Å²) in [4.78, 5) is 12.9. The molecule has 0 saturated heterocycles. The van der Waals surface area contributed by atoms with Crippen LogP contribution in [0.25, 0.3) is 10.7 Å². The molecule has 0 amide bonds. The Morgan fingerprint density at radius 2 is 1.83 bits per heavy atom. The summed E-state index contributed by atoms with van der Waals surface area (Å²) in [5.41, 5.74) is 1.13. The van der Waals surface area contributed by atoms with Crippen molar-refractivity contribution in [3.05, 3.63) is 83.5 Å². The third-order valence-electron chi connectivity index (χ3n) is 4.06. The minimum absolute atomic E-state index is 0.0173. The first kappa shape index (κ1) is 19.8. The molecule has 0 spiro atoms. The van der Waals surface area contributed by atoms with Crippen LogP contribution < -0.4 is 10.1 Å². The maximum absolute atomic E-state index is 12.8.